The Kier molecular flexibility index (Phi) is 11.0. The maximum absolute atomic E-state index is 2.39. The van der Waals surface area contributed by atoms with E-state index in [9.17, 15) is 0 Å². The predicted molar refractivity (Wildman–Crippen MR) is 280 cm³/mol. The molecule has 0 aromatic heterocycles. The summed E-state index contributed by atoms with van der Waals surface area (Å²) in [6.45, 7) is 0. The molecule has 0 bridgehead atoms. The molecule has 11 rings (SSSR count). The summed E-state index contributed by atoms with van der Waals surface area (Å²) in [6.07, 6.45) is 0. The summed E-state index contributed by atoms with van der Waals surface area (Å²) in [6, 6.07) is 100. The van der Waals surface area contributed by atoms with Crippen LogP contribution in [0.15, 0.2) is 279 Å². The van der Waals surface area contributed by atoms with Gasteiger partial charge in [0.25, 0.3) is 0 Å². The quantitative estimate of drug-likeness (QED) is 0.128. The van der Waals surface area contributed by atoms with Gasteiger partial charge in [0.05, 0.1) is 5.69 Å². The molecule has 66 heavy (non-hydrogen) atoms. The highest BCUT2D eigenvalue weighted by Crippen LogP contribution is 2.44. The number of rotatable bonds is 11. The Morgan fingerprint density at radius 1 is 0.167 bits per heavy atom. The lowest BCUT2D eigenvalue weighted by Gasteiger charge is -2.28. The maximum atomic E-state index is 2.39. The summed E-state index contributed by atoms with van der Waals surface area (Å²) < 4.78 is 0. The Morgan fingerprint density at radius 2 is 0.424 bits per heavy atom. The minimum atomic E-state index is 1.09. The van der Waals surface area contributed by atoms with E-state index in [1.807, 2.05) is 0 Å². The minimum Gasteiger partial charge on any atom is -0.311 e. The molecule has 2 heteroatoms. The number of hydrogen-bond donors (Lipinski definition) is 0. The molecule has 0 aliphatic heterocycles. The topological polar surface area (TPSA) is 6.48 Å². The van der Waals surface area contributed by atoms with E-state index < -0.39 is 0 Å². The van der Waals surface area contributed by atoms with Gasteiger partial charge >= 0.3 is 0 Å². The van der Waals surface area contributed by atoms with Crippen molar-refractivity contribution < 1.29 is 0 Å². The van der Waals surface area contributed by atoms with Crippen LogP contribution in [0.5, 0.6) is 0 Å². The first-order valence-electron chi connectivity index (χ1n) is 22.6. The van der Waals surface area contributed by atoms with E-state index in [1.54, 1.807) is 0 Å². The van der Waals surface area contributed by atoms with E-state index in [1.165, 1.54) is 60.8 Å². The molecule has 0 fully saturated rings. The smallest absolute Gasteiger partial charge is 0.0540 e. The first-order valence-corrected chi connectivity index (χ1v) is 22.6. The van der Waals surface area contributed by atoms with Crippen molar-refractivity contribution in [2.75, 3.05) is 9.80 Å². The predicted octanol–water partition coefficient (Wildman–Crippen LogP) is 18.1. The summed E-state index contributed by atoms with van der Waals surface area (Å²) in [4.78, 5) is 4.74. The Morgan fingerprint density at radius 3 is 0.758 bits per heavy atom. The summed E-state index contributed by atoms with van der Waals surface area (Å²) in [5.41, 5.74) is 18.5. The maximum Gasteiger partial charge on any atom is 0.0540 e. The Labute approximate surface area is 387 Å². The van der Waals surface area contributed by atoms with Crippen molar-refractivity contribution in [3.05, 3.63) is 279 Å². The van der Waals surface area contributed by atoms with E-state index in [2.05, 4.69) is 289 Å². The highest BCUT2D eigenvalue weighted by molar-refractivity contribution is 6.06. The van der Waals surface area contributed by atoms with Crippen LogP contribution in [0.3, 0.4) is 0 Å². The zero-order valence-electron chi connectivity index (χ0n) is 36.5. The molecule has 0 saturated carbocycles. The molecule has 0 amide bonds. The number of hydrogen-bond acceptors (Lipinski definition) is 2. The summed E-state index contributed by atoms with van der Waals surface area (Å²) in [5.74, 6) is 0. The summed E-state index contributed by atoms with van der Waals surface area (Å²) >= 11 is 0. The van der Waals surface area contributed by atoms with Gasteiger partial charge in [0.2, 0.25) is 0 Å². The van der Waals surface area contributed by atoms with E-state index in [4.69, 9.17) is 0 Å². The van der Waals surface area contributed by atoms with Gasteiger partial charge in [-0.3, -0.25) is 0 Å². The molecule has 0 aliphatic rings. The molecule has 0 aliphatic carbocycles. The van der Waals surface area contributed by atoms with Crippen molar-refractivity contribution in [2.24, 2.45) is 0 Å². The van der Waals surface area contributed by atoms with Gasteiger partial charge in [0, 0.05) is 33.8 Å². The first kappa shape index (κ1) is 40.1. The zero-order valence-corrected chi connectivity index (χ0v) is 36.5. The van der Waals surface area contributed by atoms with Crippen molar-refractivity contribution in [3.63, 3.8) is 0 Å². The number of benzene rings is 11. The fourth-order valence-electron chi connectivity index (χ4n) is 9.13. The zero-order chi connectivity index (χ0) is 44.1. The van der Waals surface area contributed by atoms with Crippen LogP contribution in [-0.2, 0) is 0 Å². The van der Waals surface area contributed by atoms with Gasteiger partial charge in [-0.2, -0.15) is 0 Å². The van der Waals surface area contributed by atoms with E-state index >= 15 is 0 Å². The van der Waals surface area contributed by atoms with Crippen LogP contribution in [-0.4, -0.2) is 0 Å². The van der Waals surface area contributed by atoms with Crippen LogP contribution in [0.2, 0.25) is 0 Å². The van der Waals surface area contributed by atoms with Crippen molar-refractivity contribution >= 4 is 44.9 Å². The van der Waals surface area contributed by atoms with Gasteiger partial charge < -0.3 is 9.80 Å². The molecule has 11 aromatic rings. The molecule has 11 aromatic carbocycles. The molecule has 0 radical (unpaired) electrons. The van der Waals surface area contributed by atoms with Crippen LogP contribution in [0, 0.1) is 0 Å². The van der Waals surface area contributed by atoms with E-state index in [-0.39, 0.29) is 0 Å². The van der Waals surface area contributed by atoms with Gasteiger partial charge in [-0.15, -0.1) is 0 Å². The van der Waals surface area contributed by atoms with E-state index in [0.29, 0.717) is 0 Å². The SMILES string of the molecule is c1ccc(-c2ccc(N(c3ccc(-c4ccccc4)cc3)c3ccc(-c4ccc(N(c5ccc(-c6ccccc6)cc5)c5ccc(-c6ccccc6)cc5)c5ccccc45)cc3)cc2)cc1. The van der Waals surface area contributed by atoms with Crippen LogP contribution in [0.4, 0.5) is 34.1 Å². The highest BCUT2D eigenvalue weighted by atomic mass is 15.1. The molecule has 0 heterocycles. The molecular formula is C64H46N2. The van der Waals surface area contributed by atoms with Crippen molar-refractivity contribution in [3.8, 4) is 55.6 Å². The third-order valence-corrected chi connectivity index (χ3v) is 12.5. The summed E-state index contributed by atoms with van der Waals surface area (Å²) in [5, 5.41) is 2.37. The van der Waals surface area contributed by atoms with Crippen LogP contribution < -0.4 is 9.80 Å². The van der Waals surface area contributed by atoms with Crippen molar-refractivity contribution in [1.82, 2.24) is 0 Å². The van der Waals surface area contributed by atoms with Gasteiger partial charge in [0.15, 0.2) is 0 Å². The number of anilines is 6. The fourth-order valence-corrected chi connectivity index (χ4v) is 9.13. The molecule has 0 unspecified atom stereocenters. The lowest BCUT2D eigenvalue weighted by molar-refractivity contribution is 1.28. The van der Waals surface area contributed by atoms with Gasteiger partial charge in [-0.05, 0) is 128 Å². The van der Waals surface area contributed by atoms with Gasteiger partial charge in [-0.25, -0.2) is 0 Å². The molecule has 0 N–H and O–H groups in total. The third-order valence-electron chi connectivity index (χ3n) is 12.5. The monoisotopic (exact) mass is 842 g/mol. The van der Waals surface area contributed by atoms with Crippen LogP contribution >= 0.6 is 0 Å². The lowest BCUT2D eigenvalue weighted by Crippen LogP contribution is -2.10. The lowest BCUT2D eigenvalue weighted by atomic mass is 9.95. The second-order valence-electron chi connectivity index (χ2n) is 16.5. The Bertz CT molecular complexity index is 3170. The third kappa shape index (κ3) is 8.16. The summed E-state index contributed by atoms with van der Waals surface area (Å²) in [7, 11) is 0. The fraction of sp³-hybridized carbons (Fsp3) is 0. The van der Waals surface area contributed by atoms with Crippen molar-refractivity contribution in [1.29, 1.82) is 0 Å². The molecular weight excluding hydrogens is 797 g/mol. The van der Waals surface area contributed by atoms with Crippen molar-refractivity contribution in [2.45, 2.75) is 0 Å². The number of fused-ring (bicyclic) bond motifs is 1. The average Bonchev–Trinajstić information content (AvgIpc) is 3.41. The van der Waals surface area contributed by atoms with E-state index in [0.717, 1.165) is 39.7 Å². The highest BCUT2D eigenvalue weighted by Gasteiger charge is 2.19. The normalized spacial score (nSPS) is 11.0. The van der Waals surface area contributed by atoms with Crippen LogP contribution in [0.1, 0.15) is 0 Å². The van der Waals surface area contributed by atoms with Gasteiger partial charge in [0.1, 0.15) is 0 Å². The molecule has 312 valence electrons. The first-order chi connectivity index (χ1) is 32.7. The average molecular weight is 843 g/mol. The largest absolute Gasteiger partial charge is 0.311 e. The minimum absolute atomic E-state index is 1.09. The number of nitrogens with zero attached hydrogens (tertiary/aromatic N) is 2. The Hall–Kier alpha value is -8.72. The van der Waals surface area contributed by atoms with Gasteiger partial charge in [-0.1, -0.05) is 212 Å². The second kappa shape index (κ2) is 18.2. The molecule has 0 spiro atoms. The second-order valence-corrected chi connectivity index (χ2v) is 16.5. The molecule has 0 saturated heterocycles. The molecule has 0 atom stereocenters. The standard InChI is InChI=1S/C64H46N2/c1-5-15-47(16-6-1)51-25-35-56(36-26-51)65(57-37-27-52(28-38-57)48-17-7-2-8-18-48)58-43-33-55(34-44-58)61-45-46-64(63-24-14-13-23-62(61)63)66(59-39-29-53(30-40-59)49-19-9-3-10-20-49)60-41-31-54(32-42-60)50-21-11-4-12-22-50/h1-46H. The molecule has 2 nitrogen and oxygen atoms in total. The Balaban J connectivity index is 0.972. The van der Waals surface area contributed by atoms with Crippen LogP contribution in [0.25, 0.3) is 66.4 Å².